The minimum Gasteiger partial charge on any atom is -0.486 e. The van der Waals surface area contributed by atoms with Crippen molar-refractivity contribution in [1.82, 2.24) is 25.3 Å². The maximum absolute atomic E-state index is 13.0. The summed E-state index contributed by atoms with van der Waals surface area (Å²) in [6, 6.07) is 12.9. The van der Waals surface area contributed by atoms with Crippen LogP contribution in [-0.4, -0.2) is 25.3 Å². The van der Waals surface area contributed by atoms with Gasteiger partial charge in [-0.3, -0.25) is 5.10 Å². The van der Waals surface area contributed by atoms with Crippen molar-refractivity contribution in [2.45, 2.75) is 17.5 Å². The molecule has 4 rings (SSSR count). The normalized spacial score (nSPS) is 10.9. The Bertz CT molecular complexity index is 1050. The molecule has 0 saturated heterocycles. The Morgan fingerprint density at radius 2 is 1.86 bits per heavy atom. The van der Waals surface area contributed by atoms with E-state index in [1.807, 2.05) is 0 Å². The average molecular weight is 418 g/mol. The molecule has 2 aromatic heterocycles. The van der Waals surface area contributed by atoms with Crippen molar-refractivity contribution in [1.29, 1.82) is 0 Å². The molecule has 28 heavy (non-hydrogen) atoms. The van der Waals surface area contributed by atoms with E-state index in [1.165, 1.54) is 23.9 Å². The predicted molar refractivity (Wildman–Crippen MR) is 101 cm³/mol. The Morgan fingerprint density at radius 1 is 1.07 bits per heavy atom. The Balaban J connectivity index is 1.31. The number of thioether (sulfide) groups is 1. The summed E-state index contributed by atoms with van der Waals surface area (Å²) < 4.78 is 23.8. The highest BCUT2D eigenvalue weighted by Gasteiger charge is 2.11. The zero-order valence-electron chi connectivity index (χ0n) is 14.3. The van der Waals surface area contributed by atoms with Gasteiger partial charge in [-0.05, 0) is 48.5 Å². The van der Waals surface area contributed by atoms with E-state index in [2.05, 4.69) is 25.3 Å². The highest BCUT2D eigenvalue weighted by atomic mass is 35.5. The van der Waals surface area contributed by atoms with Crippen molar-refractivity contribution in [3.8, 4) is 17.2 Å². The van der Waals surface area contributed by atoms with Gasteiger partial charge in [-0.1, -0.05) is 28.5 Å². The number of hydrogen-bond acceptors (Lipinski definition) is 7. The minimum absolute atomic E-state index is 0.256. The number of nitrogens with zero attached hydrogens (tertiary/aromatic N) is 4. The van der Waals surface area contributed by atoms with Crippen LogP contribution in [-0.2, 0) is 12.4 Å². The van der Waals surface area contributed by atoms with Crippen LogP contribution < -0.4 is 4.74 Å². The molecule has 2 aromatic carbocycles. The molecule has 0 aliphatic carbocycles. The van der Waals surface area contributed by atoms with E-state index in [1.54, 1.807) is 36.4 Å². The first-order chi connectivity index (χ1) is 13.7. The van der Waals surface area contributed by atoms with Crippen molar-refractivity contribution in [3.63, 3.8) is 0 Å². The van der Waals surface area contributed by atoms with Gasteiger partial charge in [-0.25, -0.2) is 9.37 Å². The van der Waals surface area contributed by atoms with Crippen LogP contribution in [0.1, 0.15) is 11.6 Å². The van der Waals surface area contributed by atoms with E-state index in [9.17, 15) is 4.39 Å². The molecule has 0 amide bonds. The lowest BCUT2D eigenvalue weighted by atomic mass is 10.2. The Hall–Kier alpha value is -2.91. The molecular weight excluding hydrogens is 405 g/mol. The third-order valence-electron chi connectivity index (χ3n) is 3.59. The molecular formula is C18H13ClFN5O2S. The third-order valence-corrected chi connectivity index (χ3v) is 4.69. The first kappa shape index (κ1) is 18.5. The summed E-state index contributed by atoms with van der Waals surface area (Å²) in [5, 5.41) is 12.1. The molecule has 0 spiro atoms. The smallest absolute Gasteiger partial charge is 0.257 e. The van der Waals surface area contributed by atoms with Gasteiger partial charge in [0.25, 0.3) is 5.89 Å². The first-order valence-electron chi connectivity index (χ1n) is 8.17. The van der Waals surface area contributed by atoms with Gasteiger partial charge in [0.2, 0.25) is 5.16 Å². The molecule has 0 aliphatic heterocycles. The lowest BCUT2D eigenvalue weighted by Gasteiger charge is -2.02. The molecule has 7 nitrogen and oxygen atoms in total. The highest BCUT2D eigenvalue weighted by Crippen LogP contribution is 2.22. The lowest BCUT2D eigenvalue weighted by molar-refractivity contribution is 0.296. The summed E-state index contributed by atoms with van der Waals surface area (Å²) in [7, 11) is 0. The van der Waals surface area contributed by atoms with Gasteiger partial charge in [0.1, 0.15) is 18.2 Å². The van der Waals surface area contributed by atoms with Gasteiger partial charge in [0.05, 0.1) is 5.75 Å². The number of ether oxygens (including phenoxy) is 1. The maximum Gasteiger partial charge on any atom is 0.257 e. The second-order valence-corrected chi connectivity index (χ2v) is 7.00. The van der Waals surface area contributed by atoms with Crippen LogP contribution in [0.3, 0.4) is 0 Å². The molecule has 0 atom stereocenters. The van der Waals surface area contributed by atoms with Crippen molar-refractivity contribution >= 4 is 23.4 Å². The molecule has 0 saturated carbocycles. The van der Waals surface area contributed by atoms with Crippen LogP contribution >= 0.6 is 23.4 Å². The molecule has 2 heterocycles. The quantitative estimate of drug-likeness (QED) is 0.442. The lowest BCUT2D eigenvalue weighted by Crippen LogP contribution is -1.97. The molecule has 0 radical (unpaired) electrons. The second kappa shape index (κ2) is 8.41. The van der Waals surface area contributed by atoms with E-state index in [-0.39, 0.29) is 12.4 Å². The Kier molecular flexibility index (Phi) is 5.54. The Morgan fingerprint density at radius 3 is 2.64 bits per heavy atom. The number of hydrogen-bond donors (Lipinski definition) is 1. The SMILES string of the molecule is Fc1ccc(-c2nc(CSc3n[nH]c(COc4ccc(Cl)cc4)n3)no2)cc1. The standard InChI is InChI=1S/C18H13ClFN5O2S/c19-12-3-7-14(8-4-12)26-9-15-22-18(24-23-15)28-10-16-21-17(27-25-16)11-1-5-13(20)6-2-11/h1-8H,9-10H2,(H,22,23,24). The van der Waals surface area contributed by atoms with Gasteiger partial charge in [-0.15, -0.1) is 5.10 Å². The summed E-state index contributed by atoms with van der Waals surface area (Å²) >= 11 is 7.20. The predicted octanol–water partition coefficient (Wildman–Crippen LogP) is 4.52. The molecule has 10 heteroatoms. The molecule has 1 N–H and O–H groups in total. The average Bonchev–Trinajstić information content (AvgIpc) is 3.36. The van der Waals surface area contributed by atoms with Gasteiger partial charge < -0.3 is 9.26 Å². The minimum atomic E-state index is -0.320. The number of aromatic nitrogens is 5. The number of halogens is 2. The summed E-state index contributed by atoms with van der Waals surface area (Å²) in [6.07, 6.45) is 0. The number of benzene rings is 2. The van der Waals surface area contributed by atoms with E-state index in [0.717, 1.165) is 0 Å². The van der Waals surface area contributed by atoms with Gasteiger partial charge in [0.15, 0.2) is 11.6 Å². The number of aromatic amines is 1. The van der Waals surface area contributed by atoms with Gasteiger partial charge >= 0.3 is 0 Å². The van der Waals surface area contributed by atoms with Gasteiger partial charge in [0, 0.05) is 10.6 Å². The third kappa shape index (κ3) is 4.68. The summed E-state index contributed by atoms with van der Waals surface area (Å²) in [5.74, 6) is 2.22. The van der Waals surface area contributed by atoms with Crippen LogP contribution in [0.2, 0.25) is 5.02 Å². The molecule has 0 unspecified atom stereocenters. The van der Waals surface area contributed by atoms with E-state index in [0.29, 0.717) is 44.8 Å². The molecule has 0 aliphatic rings. The summed E-state index contributed by atoms with van der Waals surface area (Å²) in [6.45, 7) is 0.256. The molecule has 4 aromatic rings. The summed E-state index contributed by atoms with van der Waals surface area (Å²) in [4.78, 5) is 8.64. The number of rotatable bonds is 7. The molecule has 0 fully saturated rings. The molecule has 142 valence electrons. The topological polar surface area (TPSA) is 89.7 Å². The fourth-order valence-electron chi connectivity index (χ4n) is 2.24. The van der Waals surface area contributed by atoms with Crippen LogP contribution in [0.15, 0.2) is 58.2 Å². The fraction of sp³-hybridized carbons (Fsp3) is 0.111. The van der Waals surface area contributed by atoms with E-state index in [4.69, 9.17) is 20.9 Å². The van der Waals surface area contributed by atoms with Crippen LogP contribution in [0, 0.1) is 5.82 Å². The Labute approximate surface area is 168 Å². The summed E-state index contributed by atoms with van der Waals surface area (Å²) in [5.41, 5.74) is 0.657. The van der Waals surface area contributed by atoms with Gasteiger partial charge in [-0.2, -0.15) is 4.98 Å². The van der Waals surface area contributed by atoms with Crippen LogP contribution in [0.5, 0.6) is 5.75 Å². The number of H-pyrrole nitrogens is 1. The second-order valence-electron chi connectivity index (χ2n) is 5.62. The largest absolute Gasteiger partial charge is 0.486 e. The van der Waals surface area contributed by atoms with Crippen LogP contribution in [0.4, 0.5) is 4.39 Å². The van der Waals surface area contributed by atoms with E-state index >= 15 is 0 Å². The van der Waals surface area contributed by atoms with Crippen LogP contribution in [0.25, 0.3) is 11.5 Å². The van der Waals surface area contributed by atoms with Crippen molar-refractivity contribution < 1.29 is 13.7 Å². The van der Waals surface area contributed by atoms with Crippen molar-refractivity contribution in [2.24, 2.45) is 0 Å². The number of nitrogens with one attached hydrogen (secondary N) is 1. The highest BCUT2D eigenvalue weighted by molar-refractivity contribution is 7.98. The fourth-order valence-corrected chi connectivity index (χ4v) is 3.03. The van der Waals surface area contributed by atoms with Crippen molar-refractivity contribution in [2.75, 3.05) is 0 Å². The van der Waals surface area contributed by atoms with E-state index < -0.39 is 0 Å². The maximum atomic E-state index is 13.0. The molecule has 0 bridgehead atoms. The first-order valence-corrected chi connectivity index (χ1v) is 9.53. The monoisotopic (exact) mass is 417 g/mol. The zero-order valence-corrected chi connectivity index (χ0v) is 15.9. The van der Waals surface area contributed by atoms with Crippen molar-refractivity contribution in [3.05, 3.63) is 71.0 Å². The zero-order chi connectivity index (χ0) is 19.3.